The molecule has 0 heterocycles. The van der Waals surface area contributed by atoms with Crippen LogP contribution < -0.4 is 5.32 Å². The molecule has 0 bridgehead atoms. The molecule has 1 N–H and O–H groups in total. The van der Waals surface area contributed by atoms with Gasteiger partial charge in [0.15, 0.2) is 0 Å². The van der Waals surface area contributed by atoms with Crippen molar-refractivity contribution in [2.75, 3.05) is 19.9 Å². The Morgan fingerprint density at radius 1 is 1.44 bits per heavy atom. The highest BCUT2D eigenvalue weighted by atomic mass is 32.2. The molecule has 0 amide bonds. The number of rotatable bonds is 5. The van der Waals surface area contributed by atoms with Gasteiger partial charge in [0.1, 0.15) is 6.04 Å². The molecule has 0 aliphatic carbocycles. The van der Waals surface area contributed by atoms with Gasteiger partial charge in [-0.1, -0.05) is 12.1 Å². The summed E-state index contributed by atoms with van der Waals surface area (Å²) in [7, 11) is 1.75. The van der Waals surface area contributed by atoms with Crippen molar-refractivity contribution in [3.05, 3.63) is 29.8 Å². The normalized spacial score (nSPS) is 12.2. The maximum Gasteiger partial charge on any atom is 0.327 e. The first-order valence-electron chi connectivity index (χ1n) is 5.20. The van der Waals surface area contributed by atoms with Gasteiger partial charge in [0.2, 0.25) is 0 Å². The van der Waals surface area contributed by atoms with E-state index in [0.29, 0.717) is 6.61 Å². The van der Waals surface area contributed by atoms with E-state index in [1.807, 2.05) is 30.5 Å². The minimum Gasteiger partial charge on any atom is -0.465 e. The summed E-state index contributed by atoms with van der Waals surface area (Å²) < 4.78 is 5.00. The smallest absolute Gasteiger partial charge is 0.327 e. The number of benzene rings is 1. The number of ether oxygens (including phenoxy) is 1. The second kappa shape index (κ2) is 6.55. The van der Waals surface area contributed by atoms with Crippen LogP contribution in [0.1, 0.15) is 18.5 Å². The quantitative estimate of drug-likeness (QED) is 0.631. The Morgan fingerprint density at radius 2 is 2.06 bits per heavy atom. The van der Waals surface area contributed by atoms with Gasteiger partial charge in [-0.25, -0.2) is 4.79 Å². The van der Waals surface area contributed by atoms with Crippen LogP contribution in [0.15, 0.2) is 29.2 Å². The minimum atomic E-state index is -0.379. The molecule has 0 radical (unpaired) electrons. The molecule has 3 nitrogen and oxygen atoms in total. The zero-order valence-corrected chi connectivity index (χ0v) is 10.6. The standard InChI is InChI=1S/C12H17NO2S/c1-4-15-12(14)11(13-2)9-5-7-10(16-3)8-6-9/h5-8,11,13H,4H2,1-3H3. The number of hydrogen-bond acceptors (Lipinski definition) is 4. The van der Waals surface area contributed by atoms with Gasteiger partial charge < -0.3 is 10.1 Å². The lowest BCUT2D eigenvalue weighted by Crippen LogP contribution is -2.27. The van der Waals surface area contributed by atoms with Crippen LogP contribution >= 0.6 is 11.8 Å². The maximum absolute atomic E-state index is 11.6. The van der Waals surface area contributed by atoms with Crippen LogP contribution in [0.25, 0.3) is 0 Å². The molecule has 16 heavy (non-hydrogen) atoms. The number of hydrogen-bond donors (Lipinski definition) is 1. The number of likely N-dealkylation sites (N-methyl/N-ethyl adjacent to an activating group) is 1. The lowest BCUT2D eigenvalue weighted by atomic mass is 10.1. The second-order valence-electron chi connectivity index (χ2n) is 3.25. The molecule has 0 saturated carbocycles. The van der Waals surface area contributed by atoms with Crippen LogP contribution in [0.2, 0.25) is 0 Å². The van der Waals surface area contributed by atoms with Crippen molar-refractivity contribution < 1.29 is 9.53 Å². The molecule has 4 heteroatoms. The maximum atomic E-state index is 11.6. The molecule has 0 aromatic heterocycles. The third-order valence-electron chi connectivity index (χ3n) is 2.26. The topological polar surface area (TPSA) is 38.3 Å². The van der Waals surface area contributed by atoms with Crippen LogP contribution in [0.4, 0.5) is 0 Å². The van der Waals surface area contributed by atoms with Crippen LogP contribution in [-0.2, 0) is 9.53 Å². The Kier molecular flexibility index (Phi) is 5.35. The summed E-state index contributed by atoms with van der Waals surface area (Å²) in [6.45, 7) is 2.21. The molecule has 0 spiro atoms. The molecule has 0 aliphatic rings. The number of carbonyl (C=O) groups is 1. The molecule has 1 aromatic carbocycles. The molecular formula is C12H17NO2S. The fraction of sp³-hybridized carbons (Fsp3) is 0.417. The molecule has 1 aromatic rings. The summed E-state index contributed by atoms with van der Waals surface area (Å²) in [5.41, 5.74) is 0.929. The van der Waals surface area contributed by atoms with Crippen molar-refractivity contribution in [2.45, 2.75) is 17.9 Å². The van der Waals surface area contributed by atoms with Crippen molar-refractivity contribution in [1.29, 1.82) is 0 Å². The first kappa shape index (κ1) is 13.1. The monoisotopic (exact) mass is 239 g/mol. The van der Waals surface area contributed by atoms with Gasteiger partial charge in [-0.15, -0.1) is 11.8 Å². The molecule has 1 unspecified atom stereocenters. The molecule has 0 saturated heterocycles. The van der Waals surface area contributed by atoms with Crippen LogP contribution in [0, 0.1) is 0 Å². The van der Waals surface area contributed by atoms with Gasteiger partial charge >= 0.3 is 5.97 Å². The average molecular weight is 239 g/mol. The molecular weight excluding hydrogens is 222 g/mol. The van der Waals surface area contributed by atoms with E-state index in [-0.39, 0.29) is 12.0 Å². The van der Waals surface area contributed by atoms with Gasteiger partial charge in [-0.2, -0.15) is 0 Å². The average Bonchev–Trinajstić information content (AvgIpc) is 2.31. The fourth-order valence-electron chi connectivity index (χ4n) is 1.44. The zero-order chi connectivity index (χ0) is 12.0. The van der Waals surface area contributed by atoms with Crippen molar-refractivity contribution >= 4 is 17.7 Å². The second-order valence-corrected chi connectivity index (χ2v) is 4.13. The fourth-order valence-corrected chi connectivity index (χ4v) is 1.85. The number of nitrogens with one attached hydrogen (secondary N) is 1. The SMILES string of the molecule is CCOC(=O)C(NC)c1ccc(SC)cc1. The molecule has 1 atom stereocenters. The van der Waals surface area contributed by atoms with E-state index in [4.69, 9.17) is 4.74 Å². The molecule has 0 fully saturated rings. The van der Waals surface area contributed by atoms with E-state index in [9.17, 15) is 4.79 Å². The van der Waals surface area contributed by atoms with Crippen molar-refractivity contribution in [3.8, 4) is 0 Å². The summed E-state index contributed by atoms with van der Waals surface area (Å²) >= 11 is 1.68. The lowest BCUT2D eigenvalue weighted by Gasteiger charge is -2.15. The van der Waals surface area contributed by atoms with E-state index in [1.54, 1.807) is 25.7 Å². The van der Waals surface area contributed by atoms with Crippen LogP contribution in [-0.4, -0.2) is 25.9 Å². The molecule has 1 rings (SSSR count). The number of carbonyl (C=O) groups excluding carboxylic acids is 1. The van der Waals surface area contributed by atoms with E-state index in [2.05, 4.69) is 5.32 Å². The Bertz CT molecular complexity index is 337. The summed E-state index contributed by atoms with van der Waals surface area (Å²) in [5, 5.41) is 2.96. The predicted octanol–water partition coefficient (Wildman–Crippen LogP) is 2.23. The summed E-state index contributed by atoms with van der Waals surface area (Å²) in [6.07, 6.45) is 2.02. The van der Waals surface area contributed by atoms with Gasteiger partial charge in [0.05, 0.1) is 6.61 Å². The Morgan fingerprint density at radius 3 is 2.50 bits per heavy atom. The third kappa shape index (κ3) is 3.25. The van der Waals surface area contributed by atoms with Crippen LogP contribution in [0.3, 0.4) is 0 Å². The van der Waals surface area contributed by atoms with E-state index in [1.165, 1.54) is 4.90 Å². The van der Waals surface area contributed by atoms with Crippen LogP contribution in [0.5, 0.6) is 0 Å². The molecule has 88 valence electrons. The largest absolute Gasteiger partial charge is 0.465 e. The van der Waals surface area contributed by atoms with Gasteiger partial charge in [-0.3, -0.25) is 0 Å². The highest BCUT2D eigenvalue weighted by Gasteiger charge is 2.19. The van der Waals surface area contributed by atoms with Crippen molar-refractivity contribution in [2.24, 2.45) is 0 Å². The summed E-state index contributed by atoms with van der Waals surface area (Å²) in [4.78, 5) is 12.8. The number of thioether (sulfide) groups is 1. The van der Waals surface area contributed by atoms with E-state index < -0.39 is 0 Å². The first-order valence-corrected chi connectivity index (χ1v) is 6.43. The van der Waals surface area contributed by atoms with Crippen molar-refractivity contribution in [3.63, 3.8) is 0 Å². The van der Waals surface area contributed by atoms with Gasteiger partial charge in [-0.05, 0) is 37.9 Å². The highest BCUT2D eigenvalue weighted by molar-refractivity contribution is 7.98. The minimum absolute atomic E-state index is 0.234. The van der Waals surface area contributed by atoms with E-state index in [0.717, 1.165) is 5.56 Å². The van der Waals surface area contributed by atoms with Crippen molar-refractivity contribution in [1.82, 2.24) is 5.32 Å². The first-order chi connectivity index (χ1) is 7.72. The van der Waals surface area contributed by atoms with Gasteiger partial charge in [0, 0.05) is 4.90 Å². The Balaban J connectivity index is 2.82. The zero-order valence-electron chi connectivity index (χ0n) is 9.82. The Hall–Kier alpha value is -1.00. The highest BCUT2D eigenvalue weighted by Crippen LogP contribution is 2.19. The molecule has 0 aliphatic heterocycles. The Labute approximate surface area is 101 Å². The lowest BCUT2D eigenvalue weighted by molar-refractivity contribution is -0.145. The number of esters is 1. The van der Waals surface area contributed by atoms with E-state index >= 15 is 0 Å². The third-order valence-corrected chi connectivity index (χ3v) is 3.00. The van der Waals surface area contributed by atoms with Gasteiger partial charge in [0.25, 0.3) is 0 Å². The summed E-state index contributed by atoms with van der Waals surface area (Å²) in [5.74, 6) is -0.234. The predicted molar refractivity (Wildman–Crippen MR) is 66.7 cm³/mol. The summed E-state index contributed by atoms with van der Waals surface area (Å²) in [6, 6.07) is 7.52.